The van der Waals surface area contributed by atoms with Gasteiger partial charge >= 0.3 is 0 Å². The maximum Gasteiger partial charge on any atom is 0.253 e. The molecule has 1 unspecified atom stereocenters. The number of nitrogens with zero attached hydrogens (tertiary/aromatic N) is 1. The van der Waals surface area contributed by atoms with Crippen LogP contribution in [0.15, 0.2) is 29.2 Å². The third-order valence-electron chi connectivity index (χ3n) is 3.47. The molecule has 2 rings (SSSR count). The van der Waals surface area contributed by atoms with E-state index in [9.17, 15) is 9.90 Å². The fourth-order valence-electron chi connectivity index (χ4n) is 2.25. The fourth-order valence-corrected chi connectivity index (χ4v) is 2.40. The predicted octanol–water partition coefficient (Wildman–Crippen LogP) is 2.35. The van der Waals surface area contributed by atoms with Crippen molar-refractivity contribution in [3.8, 4) is 0 Å². The van der Waals surface area contributed by atoms with Crippen molar-refractivity contribution in [1.29, 1.82) is 0 Å². The summed E-state index contributed by atoms with van der Waals surface area (Å²) in [4.78, 5) is 15.0. The molecule has 0 aliphatic carbocycles. The van der Waals surface area contributed by atoms with Crippen molar-refractivity contribution < 1.29 is 9.90 Å². The normalized spacial score (nSPS) is 24.7. The van der Waals surface area contributed by atoms with Crippen LogP contribution < -0.4 is 0 Å². The van der Waals surface area contributed by atoms with E-state index in [1.54, 1.807) is 12.1 Å². The number of hydrogen-bond donors (Lipinski definition) is 2. The summed E-state index contributed by atoms with van der Waals surface area (Å²) in [6.45, 7) is 3.18. The SMILES string of the molecule is CC1(O)CCCN(C(=O)c2ccc(S)cc2)CC1. The highest BCUT2D eigenvalue weighted by Gasteiger charge is 2.27. The van der Waals surface area contributed by atoms with Gasteiger partial charge in [-0.3, -0.25) is 4.79 Å². The number of carbonyl (C=O) groups is 1. The molecule has 1 heterocycles. The van der Waals surface area contributed by atoms with Crippen LogP contribution in [-0.4, -0.2) is 34.6 Å². The van der Waals surface area contributed by atoms with Gasteiger partial charge in [-0.25, -0.2) is 0 Å². The molecule has 0 saturated carbocycles. The Labute approximate surface area is 113 Å². The van der Waals surface area contributed by atoms with Crippen LogP contribution in [0.25, 0.3) is 0 Å². The van der Waals surface area contributed by atoms with Gasteiger partial charge in [-0.2, -0.15) is 0 Å². The van der Waals surface area contributed by atoms with Crippen molar-refractivity contribution in [2.45, 2.75) is 36.7 Å². The van der Waals surface area contributed by atoms with Crippen LogP contribution in [0.4, 0.5) is 0 Å². The van der Waals surface area contributed by atoms with Crippen LogP contribution in [0.2, 0.25) is 0 Å². The van der Waals surface area contributed by atoms with Crippen LogP contribution in [0.5, 0.6) is 0 Å². The quantitative estimate of drug-likeness (QED) is 0.765. The van der Waals surface area contributed by atoms with Gasteiger partial charge in [0.1, 0.15) is 0 Å². The number of benzene rings is 1. The minimum Gasteiger partial charge on any atom is -0.390 e. The molecule has 0 spiro atoms. The van der Waals surface area contributed by atoms with Crippen molar-refractivity contribution in [3.05, 3.63) is 29.8 Å². The number of amides is 1. The second-order valence-corrected chi connectivity index (χ2v) is 5.71. The molecule has 1 aliphatic rings. The molecule has 1 aromatic rings. The van der Waals surface area contributed by atoms with Gasteiger partial charge < -0.3 is 10.0 Å². The Morgan fingerprint density at radius 2 is 1.94 bits per heavy atom. The second kappa shape index (κ2) is 5.33. The van der Waals surface area contributed by atoms with Crippen molar-refractivity contribution in [3.63, 3.8) is 0 Å². The first-order chi connectivity index (χ1) is 8.48. The third-order valence-corrected chi connectivity index (χ3v) is 3.76. The molecule has 0 aromatic heterocycles. The Hall–Kier alpha value is -1.00. The zero-order valence-corrected chi connectivity index (χ0v) is 11.5. The van der Waals surface area contributed by atoms with Crippen LogP contribution in [0, 0.1) is 0 Å². The van der Waals surface area contributed by atoms with Gasteiger partial charge in [-0.1, -0.05) is 0 Å². The average Bonchev–Trinajstić information content (AvgIpc) is 2.50. The summed E-state index contributed by atoms with van der Waals surface area (Å²) in [6, 6.07) is 7.25. The van der Waals surface area contributed by atoms with E-state index in [2.05, 4.69) is 12.6 Å². The molecular weight excluding hydrogens is 246 g/mol. The first kappa shape index (κ1) is 13.4. The molecule has 18 heavy (non-hydrogen) atoms. The van der Waals surface area contributed by atoms with Gasteiger partial charge in [0.2, 0.25) is 0 Å². The number of carbonyl (C=O) groups excluding carboxylic acids is 1. The highest BCUT2D eigenvalue weighted by atomic mass is 32.1. The summed E-state index contributed by atoms with van der Waals surface area (Å²) in [5.74, 6) is 0.0426. The summed E-state index contributed by atoms with van der Waals surface area (Å²) < 4.78 is 0. The number of aliphatic hydroxyl groups is 1. The minimum absolute atomic E-state index is 0.0426. The van der Waals surface area contributed by atoms with Gasteiger partial charge in [-0.15, -0.1) is 12.6 Å². The van der Waals surface area contributed by atoms with Crippen molar-refractivity contribution in [2.75, 3.05) is 13.1 Å². The van der Waals surface area contributed by atoms with Crippen LogP contribution in [-0.2, 0) is 0 Å². The highest BCUT2D eigenvalue weighted by Crippen LogP contribution is 2.22. The zero-order chi connectivity index (χ0) is 13.2. The van der Waals surface area contributed by atoms with E-state index in [0.29, 0.717) is 18.5 Å². The van der Waals surface area contributed by atoms with Crippen molar-refractivity contribution in [2.24, 2.45) is 0 Å². The van der Waals surface area contributed by atoms with E-state index in [1.165, 1.54) is 0 Å². The smallest absolute Gasteiger partial charge is 0.253 e. The summed E-state index contributed by atoms with van der Waals surface area (Å²) in [5.41, 5.74) is 0.0543. The molecule has 4 heteroatoms. The van der Waals surface area contributed by atoms with E-state index in [4.69, 9.17) is 0 Å². The van der Waals surface area contributed by atoms with E-state index >= 15 is 0 Å². The molecule has 0 radical (unpaired) electrons. The molecule has 3 nitrogen and oxygen atoms in total. The van der Waals surface area contributed by atoms with Crippen LogP contribution in [0.1, 0.15) is 36.5 Å². The Bertz CT molecular complexity index is 428. The lowest BCUT2D eigenvalue weighted by Gasteiger charge is -2.22. The first-order valence-electron chi connectivity index (χ1n) is 6.29. The highest BCUT2D eigenvalue weighted by molar-refractivity contribution is 7.80. The Balaban J connectivity index is 2.07. The largest absolute Gasteiger partial charge is 0.390 e. The lowest BCUT2D eigenvalue weighted by Crippen LogP contribution is -2.33. The lowest BCUT2D eigenvalue weighted by molar-refractivity contribution is 0.0438. The molecule has 98 valence electrons. The first-order valence-corrected chi connectivity index (χ1v) is 6.73. The van der Waals surface area contributed by atoms with E-state index in [0.717, 1.165) is 24.3 Å². The van der Waals surface area contributed by atoms with E-state index in [-0.39, 0.29) is 5.91 Å². The summed E-state index contributed by atoms with van der Waals surface area (Å²) in [5, 5.41) is 10.0. The summed E-state index contributed by atoms with van der Waals surface area (Å²) in [6.07, 6.45) is 2.25. The van der Waals surface area contributed by atoms with Gasteiger partial charge in [0, 0.05) is 23.5 Å². The van der Waals surface area contributed by atoms with Crippen molar-refractivity contribution in [1.82, 2.24) is 4.90 Å². The summed E-state index contributed by atoms with van der Waals surface area (Å²) in [7, 11) is 0. The molecule has 1 fully saturated rings. The number of likely N-dealkylation sites (tertiary alicyclic amines) is 1. The van der Waals surface area contributed by atoms with Gasteiger partial charge in [0.05, 0.1) is 5.60 Å². The Kier molecular flexibility index (Phi) is 3.97. The summed E-state index contributed by atoms with van der Waals surface area (Å²) >= 11 is 4.21. The van der Waals surface area contributed by atoms with Crippen LogP contribution >= 0.6 is 12.6 Å². The van der Waals surface area contributed by atoms with Gasteiger partial charge in [-0.05, 0) is 50.5 Å². The molecular formula is C14H19NO2S. The Morgan fingerprint density at radius 1 is 1.28 bits per heavy atom. The van der Waals surface area contributed by atoms with E-state index in [1.807, 2.05) is 24.0 Å². The minimum atomic E-state index is -0.635. The molecule has 1 atom stereocenters. The Morgan fingerprint density at radius 3 is 2.61 bits per heavy atom. The van der Waals surface area contributed by atoms with Crippen LogP contribution in [0.3, 0.4) is 0 Å². The molecule has 0 bridgehead atoms. The molecule has 1 N–H and O–H groups in total. The number of thiol groups is 1. The molecule has 1 aliphatic heterocycles. The monoisotopic (exact) mass is 265 g/mol. The average molecular weight is 265 g/mol. The van der Waals surface area contributed by atoms with Gasteiger partial charge in [0.25, 0.3) is 5.91 Å². The zero-order valence-electron chi connectivity index (χ0n) is 10.6. The number of rotatable bonds is 1. The van der Waals surface area contributed by atoms with Gasteiger partial charge in [0.15, 0.2) is 0 Å². The lowest BCUT2D eigenvalue weighted by atomic mass is 9.98. The molecule has 1 saturated heterocycles. The standard InChI is InChI=1S/C14H19NO2S/c1-14(17)7-2-9-15(10-8-14)13(16)11-3-5-12(18)6-4-11/h3-6,17-18H,2,7-10H2,1H3. The second-order valence-electron chi connectivity index (χ2n) is 5.19. The topological polar surface area (TPSA) is 40.5 Å². The van der Waals surface area contributed by atoms with Crippen molar-refractivity contribution >= 4 is 18.5 Å². The maximum absolute atomic E-state index is 12.3. The maximum atomic E-state index is 12.3. The third kappa shape index (κ3) is 3.27. The van der Waals surface area contributed by atoms with E-state index < -0.39 is 5.60 Å². The number of hydrogen-bond acceptors (Lipinski definition) is 3. The predicted molar refractivity (Wildman–Crippen MR) is 74.1 cm³/mol. The fraction of sp³-hybridized carbons (Fsp3) is 0.500. The molecule has 1 aromatic carbocycles. The molecule has 1 amide bonds.